The van der Waals surface area contributed by atoms with Gasteiger partial charge in [0.05, 0.1) is 15.0 Å². The Labute approximate surface area is 141 Å². The standard InChI is InChI=1S/C14H12Cl2N2O3S/c1-7(2)12-13(20)18(14(21)22-12)6-11(19)17-8-3-4-9(15)10(16)5-8/h3-5H,6H2,1-2H3,(H,17,19). The van der Waals surface area contributed by atoms with Gasteiger partial charge in [0, 0.05) is 5.69 Å². The van der Waals surface area contributed by atoms with E-state index in [9.17, 15) is 14.4 Å². The van der Waals surface area contributed by atoms with E-state index in [2.05, 4.69) is 5.32 Å². The van der Waals surface area contributed by atoms with Crippen molar-refractivity contribution in [2.75, 3.05) is 11.9 Å². The maximum absolute atomic E-state index is 12.1. The molecule has 8 heteroatoms. The van der Waals surface area contributed by atoms with Crippen molar-refractivity contribution >= 4 is 57.7 Å². The Balaban J connectivity index is 2.06. The predicted octanol–water partition coefficient (Wildman–Crippen LogP) is 3.92. The SMILES string of the molecule is CC(C)=C1SC(=O)N(CC(=O)Nc2ccc(Cl)c(Cl)c2)C1=O. The minimum Gasteiger partial charge on any atom is -0.324 e. The maximum Gasteiger partial charge on any atom is 0.294 e. The average molecular weight is 359 g/mol. The number of amides is 3. The number of hydrogen-bond acceptors (Lipinski definition) is 4. The van der Waals surface area contributed by atoms with Gasteiger partial charge in [0.15, 0.2) is 0 Å². The molecule has 1 saturated heterocycles. The van der Waals surface area contributed by atoms with Crippen LogP contribution in [-0.2, 0) is 9.59 Å². The fraction of sp³-hybridized carbons (Fsp3) is 0.214. The van der Waals surface area contributed by atoms with Crippen LogP contribution < -0.4 is 5.32 Å². The molecule has 22 heavy (non-hydrogen) atoms. The highest BCUT2D eigenvalue weighted by molar-refractivity contribution is 8.18. The third-order valence-corrected chi connectivity index (χ3v) is 4.73. The van der Waals surface area contributed by atoms with E-state index in [-0.39, 0.29) is 6.54 Å². The molecule has 116 valence electrons. The first kappa shape index (κ1) is 16.9. The molecule has 1 heterocycles. The summed E-state index contributed by atoms with van der Waals surface area (Å²) in [7, 11) is 0. The van der Waals surface area contributed by atoms with Crippen LogP contribution >= 0.6 is 35.0 Å². The van der Waals surface area contributed by atoms with Crippen LogP contribution in [0.15, 0.2) is 28.7 Å². The molecule has 1 aliphatic rings. The van der Waals surface area contributed by atoms with E-state index in [1.165, 1.54) is 6.07 Å². The van der Waals surface area contributed by atoms with Gasteiger partial charge in [-0.2, -0.15) is 0 Å². The number of halogens is 2. The third-order valence-electron chi connectivity index (χ3n) is 2.81. The Morgan fingerprint density at radius 1 is 1.23 bits per heavy atom. The van der Waals surface area contributed by atoms with Crippen molar-refractivity contribution in [3.05, 3.63) is 38.7 Å². The van der Waals surface area contributed by atoms with Crippen LogP contribution in [0.4, 0.5) is 10.5 Å². The zero-order chi connectivity index (χ0) is 16.4. The molecular formula is C14H12Cl2N2O3S. The van der Waals surface area contributed by atoms with Gasteiger partial charge >= 0.3 is 0 Å². The second kappa shape index (κ2) is 6.73. The quantitative estimate of drug-likeness (QED) is 0.831. The number of benzene rings is 1. The number of allylic oxidation sites excluding steroid dienone is 1. The second-order valence-electron chi connectivity index (χ2n) is 4.77. The van der Waals surface area contributed by atoms with E-state index in [1.54, 1.807) is 26.0 Å². The summed E-state index contributed by atoms with van der Waals surface area (Å²) in [5.41, 5.74) is 1.18. The van der Waals surface area contributed by atoms with Gasteiger partial charge in [-0.3, -0.25) is 19.3 Å². The van der Waals surface area contributed by atoms with Crippen LogP contribution in [0.5, 0.6) is 0 Å². The molecule has 0 radical (unpaired) electrons. The summed E-state index contributed by atoms with van der Waals surface area (Å²) in [4.78, 5) is 37.1. The zero-order valence-corrected chi connectivity index (χ0v) is 14.1. The van der Waals surface area contributed by atoms with Crippen LogP contribution in [0.2, 0.25) is 10.0 Å². The van der Waals surface area contributed by atoms with E-state index in [0.29, 0.717) is 20.6 Å². The largest absolute Gasteiger partial charge is 0.324 e. The number of hydrogen-bond donors (Lipinski definition) is 1. The Bertz CT molecular complexity index is 699. The highest BCUT2D eigenvalue weighted by atomic mass is 35.5. The Hall–Kier alpha value is -1.50. The first-order valence-corrected chi connectivity index (χ1v) is 7.83. The van der Waals surface area contributed by atoms with Gasteiger partial charge in [0.2, 0.25) is 5.91 Å². The van der Waals surface area contributed by atoms with Crippen molar-refractivity contribution in [2.45, 2.75) is 13.8 Å². The zero-order valence-electron chi connectivity index (χ0n) is 11.8. The fourth-order valence-corrected chi connectivity index (χ4v) is 2.89. The molecule has 1 fully saturated rings. The Morgan fingerprint density at radius 2 is 1.91 bits per heavy atom. The highest BCUT2D eigenvalue weighted by Gasteiger charge is 2.36. The summed E-state index contributed by atoms with van der Waals surface area (Å²) >= 11 is 12.5. The summed E-state index contributed by atoms with van der Waals surface area (Å²) in [5, 5.41) is 2.79. The number of thioether (sulfide) groups is 1. The molecule has 0 aromatic heterocycles. The molecule has 1 aromatic carbocycles. The molecule has 1 aromatic rings. The van der Waals surface area contributed by atoms with Crippen LogP contribution in [0.25, 0.3) is 0 Å². The van der Waals surface area contributed by atoms with Gasteiger partial charge < -0.3 is 5.32 Å². The summed E-state index contributed by atoms with van der Waals surface area (Å²) < 4.78 is 0. The van der Waals surface area contributed by atoms with Gasteiger partial charge in [0.25, 0.3) is 11.1 Å². The lowest BCUT2D eigenvalue weighted by molar-refractivity contribution is -0.127. The van der Waals surface area contributed by atoms with Crippen LogP contribution in [0.1, 0.15) is 13.8 Å². The number of rotatable bonds is 3. The molecule has 5 nitrogen and oxygen atoms in total. The topological polar surface area (TPSA) is 66.5 Å². The molecule has 1 aliphatic heterocycles. The Kier molecular flexibility index (Phi) is 5.16. The summed E-state index contributed by atoms with van der Waals surface area (Å²) in [6.45, 7) is 3.14. The van der Waals surface area contributed by atoms with Gasteiger partial charge in [-0.25, -0.2) is 0 Å². The maximum atomic E-state index is 12.1. The predicted molar refractivity (Wildman–Crippen MR) is 88.2 cm³/mol. The first-order chi connectivity index (χ1) is 10.3. The van der Waals surface area contributed by atoms with E-state index < -0.39 is 17.1 Å². The van der Waals surface area contributed by atoms with Gasteiger partial charge in [0.1, 0.15) is 6.54 Å². The fourth-order valence-electron chi connectivity index (χ4n) is 1.76. The van der Waals surface area contributed by atoms with Gasteiger partial charge in [-0.05, 0) is 43.8 Å². The number of nitrogens with one attached hydrogen (secondary N) is 1. The van der Waals surface area contributed by atoms with Crippen LogP contribution in [0.3, 0.4) is 0 Å². The minimum absolute atomic E-state index is 0.301. The highest BCUT2D eigenvalue weighted by Crippen LogP contribution is 2.32. The van der Waals surface area contributed by atoms with Crippen molar-refractivity contribution in [2.24, 2.45) is 0 Å². The second-order valence-corrected chi connectivity index (χ2v) is 6.54. The smallest absolute Gasteiger partial charge is 0.294 e. The van der Waals surface area contributed by atoms with Crippen molar-refractivity contribution in [1.29, 1.82) is 0 Å². The number of carbonyl (C=O) groups excluding carboxylic acids is 3. The molecule has 2 rings (SSSR count). The normalized spacial score (nSPS) is 14.5. The van der Waals surface area contributed by atoms with Crippen molar-refractivity contribution in [3.63, 3.8) is 0 Å². The van der Waals surface area contributed by atoms with Crippen LogP contribution in [0, 0.1) is 0 Å². The number of anilines is 1. The van der Waals surface area contributed by atoms with Gasteiger partial charge in [-0.1, -0.05) is 28.8 Å². The molecule has 0 unspecified atom stereocenters. The van der Waals surface area contributed by atoms with Crippen LogP contribution in [-0.4, -0.2) is 28.5 Å². The van der Waals surface area contributed by atoms with E-state index in [0.717, 1.165) is 22.2 Å². The third kappa shape index (κ3) is 3.63. The minimum atomic E-state index is -0.490. The summed E-state index contributed by atoms with van der Waals surface area (Å²) in [5.74, 6) is -0.935. The molecule has 0 saturated carbocycles. The van der Waals surface area contributed by atoms with E-state index >= 15 is 0 Å². The molecule has 1 N–H and O–H groups in total. The Morgan fingerprint density at radius 3 is 2.45 bits per heavy atom. The molecule has 0 atom stereocenters. The lowest BCUT2D eigenvalue weighted by Crippen LogP contribution is -2.36. The van der Waals surface area contributed by atoms with Crippen molar-refractivity contribution in [1.82, 2.24) is 4.90 Å². The molecular weight excluding hydrogens is 347 g/mol. The monoisotopic (exact) mass is 358 g/mol. The lowest BCUT2D eigenvalue weighted by Gasteiger charge is -2.12. The van der Waals surface area contributed by atoms with Gasteiger partial charge in [-0.15, -0.1) is 0 Å². The molecule has 0 spiro atoms. The van der Waals surface area contributed by atoms with E-state index in [4.69, 9.17) is 23.2 Å². The number of carbonyl (C=O) groups is 3. The number of imide groups is 1. The van der Waals surface area contributed by atoms with Crippen molar-refractivity contribution in [3.8, 4) is 0 Å². The molecule has 0 bridgehead atoms. The average Bonchev–Trinajstić information content (AvgIpc) is 2.71. The van der Waals surface area contributed by atoms with Crippen molar-refractivity contribution < 1.29 is 14.4 Å². The number of nitrogens with zero attached hydrogens (tertiary/aromatic N) is 1. The molecule has 0 aliphatic carbocycles. The summed E-state index contributed by atoms with van der Waals surface area (Å²) in [6, 6.07) is 4.62. The lowest BCUT2D eigenvalue weighted by atomic mass is 10.3. The molecule has 3 amide bonds. The first-order valence-electron chi connectivity index (χ1n) is 6.25. The summed E-state index contributed by atoms with van der Waals surface area (Å²) in [6.07, 6.45) is 0. The van der Waals surface area contributed by atoms with E-state index in [1.807, 2.05) is 0 Å².